The fraction of sp³-hybridized carbons (Fsp3) is 0.333. The lowest BCUT2D eigenvalue weighted by Gasteiger charge is -2.17. The Morgan fingerprint density at radius 1 is 1.32 bits per heavy atom. The van der Waals surface area contributed by atoms with E-state index in [9.17, 15) is 9.59 Å². The first-order valence-corrected chi connectivity index (χ1v) is 6.48. The van der Waals surface area contributed by atoms with E-state index < -0.39 is 0 Å². The number of amides is 1. The molecule has 1 heterocycles. The van der Waals surface area contributed by atoms with Gasteiger partial charge in [0.15, 0.2) is 0 Å². The van der Waals surface area contributed by atoms with Gasteiger partial charge >= 0.3 is 0 Å². The van der Waals surface area contributed by atoms with Crippen LogP contribution >= 0.6 is 0 Å². The van der Waals surface area contributed by atoms with Gasteiger partial charge in [0.2, 0.25) is 0 Å². The normalized spacial score (nSPS) is 10.9. The maximum atomic E-state index is 12.5. The number of carbonyl (C=O) groups excluding carboxylic acids is 1. The lowest BCUT2D eigenvalue weighted by atomic mass is 10.1. The Morgan fingerprint density at radius 2 is 2.00 bits per heavy atom. The number of carbonyl (C=O) groups is 1. The Balaban J connectivity index is 2.78. The van der Waals surface area contributed by atoms with Crippen LogP contribution in [0.2, 0.25) is 0 Å². The zero-order valence-electron chi connectivity index (χ0n) is 11.4. The number of hydrogen-bond acceptors (Lipinski definition) is 2. The smallest absolute Gasteiger partial charge is 0.268 e. The van der Waals surface area contributed by atoms with E-state index in [1.807, 2.05) is 39.0 Å². The van der Waals surface area contributed by atoms with Crippen LogP contribution in [-0.2, 0) is 0 Å². The lowest BCUT2D eigenvalue weighted by Crippen LogP contribution is -2.33. The highest BCUT2D eigenvalue weighted by Gasteiger charge is 2.16. The van der Waals surface area contributed by atoms with Crippen molar-refractivity contribution in [3.05, 3.63) is 46.4 Å². The molecular formula is C15H18N2O2. The second kappa shape index (κ2) is 5.26. The maximum absolute atomic E-state index is 12.5. The Bertz CT molecular complexity index is 671. The largest absolute Gasteiger partial charge is 0.351 e. The van der Waals surface area contributed by atoms with Crippen LogP contribution in [0.1, 0.15) is 37.3 Å². The molecule has 0 saturated heterocycles. The molecule has 2 rings (SSSR count). The Hall–Kier alpha value is -2.10. The van der Waals surface area contributed by atoms with E-state index in [0.29, 0.717) is 17.6 Å². The Kier molecular flexibility index (Phi) is 3.69. The lowest BCUT2D eigenvalue weighted by molar-refractivity contribution is 0.0944. The van der Waals surface area contributed by atoms with Crippen molar-refractivity contribution in [1.82, 2.24) is 9.88 Å². The zero-order valence-corrected chi connectivity index (χ0v) is 11.4. The molecule has 0 aliphatic carbocycles. The van der Waals surface area contributed by atoms with Gasteiger partial charge in [0.1, 0.15) is 5.69 Å². The summed E-state index contributed by atoms with van der Waals surface area (Å²) >= 11 is 0. The van der Waals surface area contributed by atoms with Gasteiger partial charge < -0.3 is 9.88 Å². The summed E-state index contributed by atoms with van der Waals surface area (Å²) in [4.78, 5) is 24.6. The summed E-state index contributed by atoms with van der Waals surface area (Å²) in [7, 11) is 0. The molecule has 100 valence electrons. The number of aromatic nitrogens is 1. The number of hydrogen-bond donors (Lipinski definition) is 1. The highest BCUT2D eigenvalue weighted by molar-refractivity contribution is 5.96. The average molecular weight is 258 g/mol. The molecule has 0 aliphatic heterocycles. The first kappa shape index (κ1) is 13.3. The molecule has 1 N–H and O–H groups in total. The van der Waals surface area contributed by atoms with Crippen LogP contribution in [0.4, 0.5) is 0 Å². The fourth-order valence-electron chi connectivity index (χ4n) is 2.21. The first-order valence-electron chi connectivity index (χ1n) is 6.48. The van der Waals surface area contributed by atoms with E-state index in [0.717, 1.165) is 5.39 Å². The molecule has 1 amide bonds. The van der Waals surface area contributed by atoms with Crippen LogP contribution in [0.15, 0.2) is 35.1 Å². The molecule has 4 heteroatoms. The molecule has 0 fully saturated rings. The molecular weight excluding hydrogens is 240 g/mol. The third kappa shape index (κ3) is 2.38. The molecule has 1 aromatic heterocycles. The summed E-state index contributed by atoms with van der Waals surface area (Å²) in [6.45, 7) is 6.20. The van der Waals surface area contributed by atoms with Crippen molar-refractivity contribution in [3.8, 4) is 0 Å². The second-order valence-electron chi connectivity index (χ2n) is 4.75. The number of nitrogens with zero attached hydrogens (tertiary/aromatic N) is 1. The Morgan fingerprint density at radius 3 is 2.63 bits per heavy atom. The van der Waals surface area contributed by atoms with Crippen molar-refractivity contribution >= 4 is 16.7 Å². The second-order valence-corrected chi connectivity index (χ2v) is 4.75. The standard InChI is InChI=1S/C15H18N2O2/c1-4-16-14(18)13-9-11-7-5-6-8-12(11)15(19)17(13)10(2)3/h5-10H,4H2,1-3H3,(H,16,18). The van der Waals surface area contributed by atoms with Crippen LogP contribution < -0.4 is 10.9 Å². The van der Waals surface area contributed by atoms with Gasteiger partial charge in [0.05, 0.1) is 0 Å². The van der Waals surface area contributed by atoms with Crippen LogP contribution in [0.5, 0.6) is 0 Å². The topological polar surface area (TPSA) is 51.1 Å². The van der Waals surface area contributed by atoms with Crippen LogP contribution in [0.3, 0.4) is 0 Å². The molecule has 0 saturated carbocycles. The predicted molar refractivity (Wildman–Crippen MR) is 76.6 cm³/mol. The van der Waals surface area contributed by atoms with Crippen molar-refractivity contribution in [1.29, 1.82) is 0 Å². The van der Waals surface area contributed by atoms with Gasteiger partial charge in [0, 0.05) is 18.0 Å². The molecule has 0 aliphatic rings. The summed E-state index contributed by atoms with van der Waals surface area (Å²) in [5.74, 6) is -0.209. The zero-order chi connectivity index (χ0) is 14.0. The number of fused-ring (bicyclic) bond motifs is 1. The maximum Gasteiger partial charge on any atom is 0.268 e. The molecule has 2 aromatic rings. The average Bonchev–Trinajstić information content (AvgIpc) is 2.38. The molecule has 0 bridgehead atoms. The summed E-state index contributed by atoms with van der Waals surface area (Å²) in [5, 5.41) is 4.19. The van der Waals surface area contributed by atoms with E-state index in [-0.39, 0.29) is 17.5 Å². The third-order valence-corrected chi connectivity index (χ3v) is 3.05. The molecule has 19 heavy (non-hydrogen) atoms. The van der Waals surface area contributed by atoms with Crippen LogP contribution in [0.25, 0.3) is 10.8 Å². The van der Waals surface area contributed by atoms with Gasteiger partial charge in [0.25, 0.3) is 11.5 Å². The summed E-state index contributed by atoms with van der Waals surface area (Å²) < 4.78 is 1.55. The van der Waals surface area contributed by atoms with Crippen molar-refractivity contribution in [2.24, 2.45) is 0 Å². The molecule has 0 unspecified atom stereocenters. The molecule has 0 atom stereocenters. The highest BCUT2D eigenvalue weighted by atomic mass is 16.2. The van der Waals surface area contributed by atoms with Gasteiger partial charge in [-0.05, 0) is 38.3 Å². The van der Waals surface area contributed by atoms with Crippen molar-refractivity contribution < 1.29 is 4.79 Å². The van der Waals surface area contributed by atoms with E-state index in [1.54, 1.807) is 16.7 Å². The van der Waals surface area contributed by atoms with E-state index in [4.69, 9.17) is 0 Å². The van der Waals surface area contributed by atoms with Crippen molar-refractivity contribution in [3.63, 3.8) is 0 Å². The van der Waals surface area contributed by atoms with Gasteiger partial charge in [-0.1, -0.05) is 18.2 Å². The predicted octanol–water partition coefficient (Wildman–Crippen LogP) is 2.33. The number of benzene rings is 1. The number of nitrogens with one attached hydrogen (secondary N) is 1. The summed E-state index contributed by atoms with van der Waals surface area (Å²) in [6, 6.07) is 9.06. The minimum atomic E-state index is -0.209. The van der Waals surface area contributed by atoms with Gasteiger partial charge in [-0.25, -0.2) is 0 Å². The van der Waals surface area contributed by atoms with Gasteiger partial charge in [-0.15, -0.1) is 0 Å². The number of rotatable bonds is 3. The van der Waals surface area contributed by atoms with E-state index >= 15 is 0 Å². The highest BCUT2D eigenvalue weighted by Crippen LogP contribution is 2.15. The minimum absolute atomic E-state index is 0.0605. The number of pyridine rings is 1. The van der Waals surface area contributed by atoms with Gasteiger partial charge in [-0.2, -0.15) is 0 Å². The van der Waals surface area contributed by atoms with Crippen LogP contribution in [0, 0.1) is 0 Å². The van der Waals surface area contributed by atoms with E-state index in [1.165, 1.54) is 0 Å². The molecule has 4 nitrogen and oxygen atoms in total. The Labute approximate surface area is 112 Å². The SMILES string of the molecule is CCNC(=O)c1cc2ccccc2c(=O)n1C(C)C. The fourth-order valence-corrected chi connectivity index (χ4v) is 2.21. The quantitative estimate of drug-likeness (QED) is 0.918. The van der Waals surface area contributed by atoms with Gasteiger partial charge in [-0.3, -0.25) is 9.59 Å². The van der Waals surface area contributed by atoms with Crippen molar-refractivity contribution in [2.75, 3.05) is 6.54 Å². The molecule has 0 spiro atoms. The first-order chi connectivity index (χ1) is 9.06. The molecule has 1 aromatic carbocycles. The summed E-state index contributed by atoms with van der Waals surface area (Å²) in [6.07, 6.45) is 0. The van der Waals surface area contributed by atoms with Crippen LogP contribution in [-0.4, -0.2) is 17.0 Å². The monoisotopic (exact) mass is 258 g/mol. The minimum Gasteiger partial charge on any atom is -0.351 e. The summed E-state index contributed by atoms with van der Waals surface area (Å²) in [5.41, 5.74) is 0.301. The van der Waals surface area contributed by atoms with Crippen molar-refractivity contribution in [2.45, 2.75) is 26.8 Å². The molecule has 0 radical (unpaired) electrons. The van der Waals surface area contributed by atoms with E-state index in [2.05, 4.69) is 5.32 Å². The third-order valence-electron chi connectivity index (χ3n) is 3.05.